The van der Waals surface area contributed by atoms with Crippen LogP contribution in [0.25, 0.3) is 0 Å². The number of ether oxygens (including phenoxy) is 2. The zero-order valence-electron chi connectivity index (χ0n) is 23.5. The molecule has 2 atom stereocenters. The van der Waals surface area contributed by atoms with E-state index in [1.165, 1.54) is 0 Å². The SMILES string of the molecule is COc1ccc(C[C@H]2C(=O)N(Cc3ccccc3)[C@@H](Cc3ccc(OC)c(I)c3)C(=O)N2Cc2ccccc2)cc1I. The second-order valence-electron chi connectivity index (χ2n) is 10.3. The Morgan fingerprint density at radius 1 is 0.571 bits per heavy atom. The molecule has 1 saturated heterocycles. The lowest BCUT2D eigenvalue weighted by Crippen LogP contribution is -2.65. The molecule has 8 heteroatoms. The number of carbonyl (C=O) groups is 2. The molecule has 0 N–H and O–H groups in total. The van der Waals surface area contributed by atoms with Gasteiger partial charge in [-0.1, -0.05) is 72.8 Å². The number of piperazine rings is 1. The average Bonchev–Trinajstić information content (AvgIpc) is 3.00. The predicted molar refractivity (Wildman–Crippen MR) is 180 cm³/mol. The molecule has 1 aliphatic rings. The van der Waals surface area contributed by atoms with E-state index < -0.39 is 12.1 Å². The van der Waals surface area contributed by atoms with Gasteiger partial charge in [-0.2, -0.15) is 0 Å². The second-order valence-corrected chi connectivity index (χ2v) is 12.6. The first-order chi connectivity index (χ1) is 20.4. The van der Waals surface area contributed by atoms with E-state index in [0.717, 1.165) is 40.9 Å². The maximum absolute atomic E-state index is 14.5. The minimum Gasteiger partial charge on any atom is -0.496 e. The van der Waals surface area contributed by atoms with Crippen molar-refractivity contribution in [3.05, 3.63) is 126 Å². The van der Waals surface area contributed by atoms with Gasteiger partial charge in [-0.25, -0.2) is 0 Å². The van der Waals surface area contributed by atoms with E-state index in [1.54, 1.807) is 24.0 Å². The number of nitrogens with zero attached hydrogens (tertiary/aromatic N) is 2. The highest BCUT2D eigenvalue weighted by Crippen LogP contribution is 2.30. The average molecular weight is 786 g/mol. The molecule has 42 heavy (non-hydrogen) atoms. The number of hydrogen-bond acceptors (Lipinski definition) is 4. The van der Waals surface area contributed by atoms with Gasteiger partial charge in [0.2, 0.25) is 11.8 Å². The molecule has 0 bridgehead atoms. The van der Waals surface area contributed by atoms with E-state index in [2.05, 4.69) is 45.2 Å². The van der Waals surface area contributed by atoms with Crippen molar-refractivity contribution in [2.75, 3.05) is 14.2 Å². The summed E-state index contributed by atoms with van der Waals surface area (Å²) in [6, 6.07) is 30.4. The summed E-state index contributed by atoms with van der Waals surface area (Å²) in [7, 11) is 3.29. The lowest BCUT2D eigenvalue weighted by molar-refractivity contribution is -0.163. The fraction of sp³-hybridized carbons (Fsp3) is 0.235. The van der Waals surface area contributed by atoms with E-state index in [0.29, 0.717) is 25.9 Å². The van der Waals surface area contributed by atoms with Crippen LogP contribution < -0.4 is 9.47 Å². The van der Waals surface area contributed by atoms with Crippen LogP contribution in [0.5, 0.6) is 11.5 Å². The summed E-state index contributed by atoms with van der Waals surface area (Å²) in [4.78, 5) is 32.7. The van der Waals surface area contributed by atoms with Crippen LogP contribution in [0.1, 0.15) is 22.3 Å². The van der Waals surface area contributed by atoms with Gasteiger partial charge in [0, 0.05) is 25.9 Å². The summed E-state index contributed by atoms with van der Waals surface area (Å²) >= 11 is 4.49. The zero-order valence-corrected chi connectivity index (χ0v) is 27.8. The first-order valence-corrected chi connectivity index (χ1v) is 15.9. The van der Waals surface area contributed by atoms with Crippen LogP contribution in [-0.2, 0) is 35.5 Å². The number of amides is 2. The summed E-state index contributed by atoms with van der Waals surface area (Å²) in [5.74, 6) is 1.47. The molecule has 4 aromatic rings. The number of carbonyl (C=O) groups excluding carboxylic acids is 2. The van der Waals surface area contributed by atoms with Gasteiger partial charge in [-0.3, -0.25) is 9.59 Å². The Hall–Kier alpha value is -3.12. The minimum atomic E-state index is -0.641. The highest BCUT2D eigenvalue weighted by molar-refractivity contribution is 14.1. The van der Waals surface area contributed by atoms with Crippen molar-refractivity contribution < 1.29 is 19.1 Å². The van der Waals surface area contributed by atoms with Crippen LogP contribution in [0.15, 0.2) is 97.1 Å². The molecule has 0 radical (unpaired) electrons. The molecular formula is C34H32I2N2O4. The van der Waals surface area contributed by atoms with E-state index >= 15 is 0 Å². The second kappa shape index (κ2) is 13.9. The fourth-order valence-electron chi connectivity index (χ4n) is 5.41. The molecule has 1 aliphatic heterocycles. The third kappa shape index (κ3) is 6.91. The van der Waals surface area contributed by atoms with Crippen molar-refractivity contribution in [3.8, 4) is 11.5 Å². The van der Waals surface area contributed by atoms with Crippen molar-refractivity contribution in [1.82, 2.24) is 9.80 Å². The van der Waals surface area contributed by atoms with Crippen molar-refractivity contribution in [3.63, 3.8) is 0 Å². The molecule has 2 amide bonds. The fourth-order valence-corrected chi connectivity index (χ4v) is 7.01. The number of hydrogen-bond donors (Lipinski definition) is 0. The van der Waals surface area contributed by atoms with E-state index in [1.807, 2.05) is 97.1 Å². The van der Waals surface area contributed by atoms with Gasteiger partial charge >= 0.3 is 0 Å². The molecule has 0 spiro atoms. The summed E-state index contributed by atoms with van der Waals surface area (Å²) in [5, 5.41) is 0. The van der Waals surface area contributed by atoms with Crippen LogP contribution in [0.3, 0.4) is 0 Å². The van der Waals surface area contributed by atoms with Crippen molar-refractivity contribution in [2.45, 2.75) is 38.0 Å². The van der Waals surface area contributed by atoms with Crippen LogP contribution in [-0.4, -0.2) is 47.9 Å². The molecule has 6 nitrogen and oxygen atoms in total. The highest BCUT2D eigenvalue weighted by Gasteiger charge is 2.45. The minimum absolute atomic E-state index is 0.0478. The molecular weight excluding hydrogens is 754 g/mol. The molecule has 0 aliphatic carbocycles. The lowest BCUT2D eigenvalue weighted by atomic mass is 9.93. The summed E-state index contributed by atoms with van der Waals surface area (Å²) in [6.07, 6.45) is 0.825. The lowest BCUT2D eigenvalue weighted by Gasteiger charge is -2.45. The Labute approximate surface area is 274 Å². The van der Waals surface area contributed by atoms with Gasteiger partial charge in [0.15, 0.2) is 0 Å². The predicted octanol–water partition coefficient (Wildman–Crippen LogP) is 6.51. The van der Waals surface area contributed by atoms with Crippen LogP contribution >= 0.6 is 45.2 Å². The van der Waals surface area contributed by atoms with Crippen molar-refractivity contribution in [1.29, 1.82) is 0 Å². The number of methoxy groups -OCH3 is 2. The molecule has 0 saturated carbocycles. The monoisotopic (exact) mass is 786 g/mol. The highest BCUT2D eigenvalue weighted by atomic mass is 127. The first-order valence-electron chi connectivity index (χ1n) is 13.7. The Morgan fingerprint density at radius 3 is 1.29 bits per heavy atom. The zero-order chi connectivity index (χ0) is 29.6. The van der Waals surface area contributed by atoms with Crippen molar-refractivity contribution in [2.24, 2.45) is 0 Å². The first kappa shape index (κ1) is 30.3. The molecule has 4 aromatic carbocycles. The Bertz CT molecular complexity index is 1430. The molecule has 1 heterocycles. The number of halogens is 2. The normalized spacial score (nSPS) is 17.0. The maximum Gasteiger partial charge on any atom is 0.246 e. The largest absolute Gasteiger partial charge is 0.496 e. The third-order valence-corrected chi connectivity index (χ3v) is 9.26. The van der Waals surface area contributed by atoms with Crippen molar-refractivity contribution >= 4 is 57.0 Å². The Balaban J connectivity index is 1.55. The number of rotatable bonds is 10. The molecule has 216 valence electrons. The van der Waals surface area contributed by atoms with Gasteiger partial charge in [0.25, 0.3) is 0 Å². The molecule has 0 unspecified atom stereocenters. The van der Waals surface area contributed by atoms with E-state index in [9.17, 15) is 9.59 Å². The molecule has 5 rings (SSSR count). The smallest absolute Gasteiger partial charge is 0.246 e. The van der Waals surface area contributed by atoms with Gasteiger partial charge in [-0.15, -0.1) is 0 Å². The standard InChI is InChI=1S/C34H32I2N2O4/c1-41-31-15-13-25(17-27(31)35)19-29-33(39)38(22-24-11-7-4-8-12-24)30(20-26-14-16-32(42-2)28(36)18-26)34(40)37(29)21-23-9-5-3-6-10-23/h3-18,29-30H,19-22H2,1-2H3/t29-,30-/m0/s1. The summed E-state index contributed by atoms with van der Waals surface area (Å²) < 4.78 is 12.8. The van der Waals surface area contributed by atoms with Gasteiger partial charge in [0.05, 0.1) is 21.4 Å². The summed E-state index contributed by atoms with van der Waals surface area (Å²) in [5.41, 5.74) is 3.93. The summed E-state index contributed by atoms with van der Waals surface area (Å²) in [6.45, 7) is 0.721. The molecule has 0 aromatic heterocycles. The van der Waals surface area contributed by atoms with E-state index in [-0.39, 0.29) is 11.8 Å². The number of benzene rings is 4. The van der Waals surface area contributed by atoms with Gasteiger partial charge in [0.1, 0.15) is 23.6 Å². The topological polar surface area (TPSA) is 59.1 Å². The quantitative estimate of drug-likeness (QED) is 0.172. The molecule has 1 fully saturated rings. The van der Waals surface area contributed by atoms with Gasteiger partial charge in [-0.05, 0) is 91.7 Å². The van der Waals surface area contributed by atoms with E-state index in [4.69, 9.17) is 9.47 Å². The Kier molecular flexibility index (Phi) is 10.0. The third-order valence-electron chi connectivity index (χ3n) is 7.57. The Morgan fingerprint density at radius 2 is 0.952 bits per heavy atom. The van der Waals surface area contributed by atoms with Crippen LogP contribution in [0.4, 0.5) is 0 Å². The van der Waals surface area contributed by atoms with Crippen LogP contribution in [0, 0.1) is 7.14 Å². The maximum atomic E-state index is 14.5. The van der Waals surface area contributed by atoms with Gasteiger partial charge < -0.3 is 19.3 Å². The van der Waals surface area contributed by atoms with Crippen LogP contribution in [0.2, 0.25) is 0 Å².